The van der Waals surface area contributed by atoms with Crippen LogP contribution in [0.25, 0.3) is 17.2 Å². The maximum atomic E-state index is 2.47. The second-order valence-electron chi connectivity index (χ2n) is 8.45. The second-order valence-corrected chi connectivity index (χ2v) is 8.45. The first-order valence-electron chi connectivity index (χ1n) is 10.4. The van der Waals surface area contributed by atoms with Gasteiger partial charge in [0.2, 0.25) is 0 Å². The van der Waals surface area contributed by atoms with Crippen LogP contribution in [0, 0.1) is 0 Å². The third-order valence-corrected chi connectivity index (χ3v) is 5.76. The van der Waals surface area contributed by atoms with Crippen molar-refractivity contribution < 1.29 is 0 Å². The molecule has 0 radical (unpaired) electrons. The van der Waals surface area contributed by atoms with Gasteiger partial charge >= 0.3 is 0 Å². The zero-order valence-corrected chi connectivity index (χ0v) is 17.4. The van der Waals surface area contributed by atoms with E-state index in [4.69, 9.17) is 0 Å². The number of aryl methyl sites for hydroxylation is 1. The van der Waals surface area contributed by atoms with E-state index >= 15 is 0 Å². The normalized spacial score (nSPS) is 13.5. The predicted molar refractivity (Wildman–Crippen MR) is 116 cm³/mol. The molecule has 2 aromatic rings. The lowest BCUT2D eigenvalue weighted by Crippen LogP contribution is -1.99. The standard InChI is InChI=1S/C26H34/c1-7-9-20-10-11-21-12-19(8-2)13-25(21)26(20)24-15-22(17(3)4)14-23(16-24)18(5)6/h10-11,13-18H,7-9,12H2,1-6H3. The van der Waals surface area contributed by atoms with Gasteiger partial charge in [-0.05, 0) is 70.0 Å². The third kappa shape index (κ3) is 3.65. The van der Waals surface area contributed by atoms with Crippen molar-refractivity contribution in [2.75, 3.05) is 0 Å². The van der Waals surface area contributed by atoms with E-state index in [1.807, 2.05) is 0 Å². The zero-order chi connectivity index (χ0) is 18.8. The molecule has 0 atom stereocenters. The Hall–Kier alpha value is -1.82. The molecule has 2 aromatic carbocycles. The lowest BCUT2D eigenvalue weighted by atomic mass is 9.86. The van der Waals surface area contributed by atoms with Crippen molar-refractivity contribution in [3.8, 4) is 11.1 Å². The molecule has 0 N–H and O–H groups in total. The van der Waals surface area contributed by atoms with Gasteiger partial charge in [0.1, 0.15) is 0 Å². The lowest BCUT2D eigenvalue weighted by molar-refractivity contribution is 0.834. The lowest BCUT2D eigenvalue weighted by Gasteiger charge is -2.19. The molecule has 0 saturated carbocycles. The summed E-state index contributed by atoms with van der Waals surface area (Å²) >= 11 is 0. The van der Waals surface area contributed by atoms with E-state index in [1.165, 1.54) is 45.4 Å². The van der Waals surface area contributed by atoms with Crippen LogP contribution < -0.4 is 0 Å². The minimum Gasteiger partial charge on any atom is -0.0655 e. The van der Waals surface area contributed by atoms with Crippen molar-refractivity contribution in [2.45, 2.75) is 79.1 Å². The second kappa shape index (κ2) is 7.82. The largest absolute Gasteiger partial charge is 0.0655 e. The molecule has 138 valence electrons. The van der Waals surface area contributed by atoms with E-state index in [1.54, 1.807) is 5.57 Å². The van der Waals surface area contributed by atoms with E-state index in [0.29, 0.717) is 11.8 Å². The Morgan fingerprint density at radius 2 is 1.54 bits per heavy atom. The van der Waals surface area contributed by atoms with Crippen molar-refractivity contribution in [3.63, 3.8) is 0 Å². The summed E-state index contributed by atoms with van der Waals surface area (Å²) in [6.07, 6.45) is 7.10. The highest BCUT2D eigenvalue weighted by molar-refractivity contribution is 5.83. The Morgan fingerprint density at radius 3 is 2.08 bits per heavy atom. The van der Waals surface area contributed by atoms with Gasteiger partial charge in [0.25, 0.3) is 0 Å². The topological polar surface area (TPSA) is 0 Å². The number of allylic oxidation sites excluding steroid dienone is 1. The summed E-state index contributed by atoms with van der Waals surface area (Å²) in [5, 5.41) is 0. The molecule has 0 saturated heterocycles. The van der Waals surface area contributed by atoms with Gasteiger partial charge in [0.15, 0.2) is 0 Å². The fourth-order valence-electron chi connectivity index (χ4n) is 4.06. The predicted octanol–water partition coefficient (Wildman–Crippen LogP) is 7.90. The zero-order valence-electron chi connectivity index (χ0n) is 17.4. The molecule has 3 rings (SSSR count). The van der Waals surface area contributed by atoms with Gasteiger partial charge in [-0.25, -0.2) is 0 Å². The molecule has 1 aliphatic carbocycles. The number of rotatable bonds is 6. The number of fused-ring (bicyclic) bond motifs is 1. The molecule has 0 aliphatic heterocycles. The summed E-state index contributed by atoms with van der Waals surface area (Å²) in [7, 11) is 0. The Bertz CT molecular complexity index is 792. The fraction of sp³-hybridized carbons (Fsp3) is 0.462. The molecule has 26 heavy (non-hydrogen) atoms. The van der Waals surface area contributed by atoms with Crippen LogP contribution in [0.15, 0.2) is 35.9 Å². The van der Waals surface area contributed by atoms with E-state index in [0.717, 1.165) is 19.3 Å². The van der Waals surface area contributed by atoms with Gasteiger partial charge in [-0.1, -0.05) is 89.9 Å². The number of hydrogen-bond acceptors (Lipinski definition) is 0. The van der Waals surface area contributed by atoms with Gasteiger partial charge < -0.3 is 0 Å². The summed E-state index contributed by atoms with van der Waals surface area (Å²) in [4.78, 5) is 0. The Balaban J connectivity index is 2.26. The van der Waals surface area contributed by atoms with Gasteiger partial charge in [0.05, 0.1) is 0 Å². The van der Waals surface area contributed by atoms with Gasteiger partial charge in [-0.15, -0.1) is 0 Å². The first-order valence-corrected chi connectivity index (χ1v) is 10.4. The Morgan fingerprint density at radius 1 is 0.885 bits per heavy atom. The molecule has 0 bridgehead atoms. The summed E-state index contributed by atoms with van der Waals surface area (Å²) in [6.45, 7) is 13.8. The van der Waals surface area contributed by atoms with Crippen molar-refractivity contribution in [3.05, 3.63) is 63.7 Å². The molecular weight excluding hydrogens is 312 g/mol. The number of benzene rings is 2. The monoisotopic (exact) mass is 346 g/mol. The summed E-state index contributed by atoms with van der Waals surface area (Å²) < 4.78 is 0. The highest BCUT2D eigenvalue weighted by atomic mass is 14.2. The van der Waals surface area contributed by atoms with E-state index < -0.39 is 0 Å². The summed E-state index contributed by atoms with van der Waals surface area (Å²) in [6, 6.07) is 12.1. The highest BCUT2D eigenvalue weighted by Crippen LogP contribution is 2.39. The first-order chi connectivity index (χ1) is 12.4. The van der Waals surface area contributed by atoms with Crippen molar-refractivity contribution >= 4 is 6.08 Å². The van der Waals surface area contributed by atoms with Crippen molar-refractivity contribution in [1.82, 2.24) is 0 Å². The number of hydrogen-bond donors (Lipinski definition) is 0. The van der Waals surface area contributed by atoms with Gasteiger partial charge in [-0.2, -0.15) is 0 Å². The maximum absolute atomic E-state index is 2.47. The molecule has 0 fully saturated rings. The fourth-order valence-corrected chi connectivity index (χ4v) is 4.06. The molecule has 0 heteroatoms. The third-order valence-electron chi connectivity index (χ3n) is 5.76. The van der Waals surface area contributed by atoms with Crippen LogP contribution in [0.4, 0.5) is 0 Å². The van der Waals surface area contributed by atoms with Crippen LogP contribution >= 0.6 is 0 Å². The average molecular weight is 347 g/mol. The Kier molecular flexibility index (Phi) is 5.70. The molecule has 0 amide bonds. The molecule has 0 unspecified atom stereocenters. The molecule has 1 aliphatic rings. The SMILES string of the molecule is CCCc1ccc2c(c1-c1cc(C(C)C)cc(C(C)C)c1)C=C(CC)C2. The maximum Gasteiger partial charge on any atom is -0.00577 e. The van der Waals surface area contributed by atoms with Gasteiger partial charge in [0, 0.05) is 0 Å². The van der Waals surface area contributed by atoms with Crippen molar-refractivity contribution in [2.24, 2.45) is 0 Å². The summed E-state index contributed by atoms with van der Waals surface area (Å²) in [5.41, 5.74) is 11.9. The van der Waals surface area contributed by atoms with E-state index in [9.17, 15) is 0 Å². The molecular formula is C26H34. The van der Waals surface area contributed by atoms with Crippen LogP contribution in [0.2, 0.25) is 0 Å². The molecule has 0 aromatic heterocycles. The van der Waals surface area contributed by atoms with E-state index in [2.05, 4.69) is 78.0 Å². The Labute approximate surface area is 160 Å². The molecule has 0 nitrogen and oxygen atoms in total. The van der Waals surface area contributed by atoms with Crippen LogP contribution in [-0.2, 0) is 12.8 Å². The minimum atomic E-state index is 0.556. The van der Waals surface area contributed by atoms with Crippen LogP contribution in [-0.4, -0.2) is 0 Å². The highest BCUT2D eigenvalue weighted by Gasteiger charge is 2.20. The van der Waals surface area contributed by atoms with Gasteiger partial charge in [-0.3, -0.25) is 0 Å². The van der Waals surface area contributed by atoms with Crippen LogP contribution in [0.1, 0.15) is 94.0 Å². The summed E-state index contributed by atoms with van der Waals surface area (Å²) in [5.74, 6) is 1.11. The van der Waals surface area contributed by atoms with Crippen LogP contribution in [0.3, 0.4) is 0 Å². The minimum absolute atomic E-state index is 0.556. The van der Waals surface area contributed by atoms with Crippen LogP contribution in [0.5, 0.6) is 0 Å². The average Bonchev–Trinajstić information content (AvgIpc) is 3.04. The van der Waals surface area contributed by atoms with E-state index in [-0.39, 0.29) is 0 Å². The quantitative estimate of drug-likeness (QED) is 0.498. The van der Waals surface area contributed by atoms with Crippen molar-refractivity contribution in [1.29, 1.82) is 0 Å². The first kappa shape index (κ1) is 19.0. The smallest absolute Gasteiger partial charge is 0.00577 e. The molecule has 0 heterocycles. The molecule has 0 spiro atoms.